The Morgan fingerprint density at radius 1 is 1.27 bits per heavy atom. The molecule has 0 amide bonds. The lowest BCUT2D eigenvalue weighted by atomic mass is 9.86. The molecule has 0 saturated heterocycles. The van der Waals surface area contributed by atoms with Crippen LogP contribution in [0.5, 0.6) is 0 Å². The summed E-state index contributed by atoms with van der Waals surface area (Å²) in [5.41, 5.74) is 0. The van der Waals surface area contributed by atoms with Gasteiger partial charge >= 0.3 is 0 Å². The van der Waals surface area contributed by atoms with E-state index in [4.69, 9.17) is 0 Å². The standard InChI is InChI=1S/C11H22/c1-5-8-9-11(7-3)10(4)6-2/h5,10-11H,1,6-9H2,2-4H3. The molecule has 0 saturated carbocycles. The number of hydrogen-bond acceptors (Lipinski definition) is 0. The van der Waals surface area contributed by atoms with Crippen molar-refractivity contribution < 1.29 is 0 Å². The Morgan fingerprint density at radius 3 is 2.27 bits per heavy atom. The predicted octanol–water partition coefficient (Wildman–Crippen LogP) is 4.02. The first-order valence-corrected chi connectivity index (χ1v) is 4.87. The van der Waals surface area contributed by atoms with Gasteiger partial charge in [0, 0.05) is 0 Å². The predicted molar refractivity (Wildman–Crippen MR) is 52.7 cm³/mol. The summed E-state index contributed by atoms with van der Waals surface area (Å²) in [4.78, 5) is 0. The second-order valence-electron chi connectivity index (χ2n) is 3.42. The molecule has 0 heterocycles. The number of rotatable bonds is 6. The molecule has 0 aromatic heterocycles. The summed E-state index contributed by atoms with van der Waals surface area (Å²) in [5.74, 6) is 1.80. The zero-order valence-corrected chi connectivity index (χ0v) is 8.27. The summed E-state index contributed by atoms with van der Waals surface area (Å²) < 4.78 is 0. The summed E-state index contributed by atoms with van der Waals surface area (Å²) in [6, 6.07) is 0. The molecule has 0 rings (SSSR count). The summed E-state index contributed by atoms with van der Waals surface area (Å²) in [6.45, 7) is 10.7. The van der Waals surface area contributed by atoms with E-state index in [-0.39, 0.29) is 0 Å². The molecule has 0 aliphatic rings. The van der Waals surface area contributed by atoms with Crippen molar-refractivity contribution in [3.05, 3.63) is 12.7 Å². The van der Waals surface area contributed by atoms with Gasteiger partial charge in [-0.25, -0.2) is 0 Å². The maximum atomic E-state index is 3.75. The van der Waals surface area contributed by atoms with E-state index < -0.39 is 0 Å². The van der Waals surface area contributed by atoms with E-state index in [0.29, 0.717) is 0 Å². The van der Waals surface area contributed by atoms with Crippen molar-refractivity contribution in [1.82, 2.24) is 0 Å². The van der Waals surface area contributed by atoms with Gasteiger partial charge in [-0.1, -0.05) is 39.7 Å². The first-order chi connectivity index (χ1) is 5.26. The molecule has 66 valence electrons. The zero-order valence-electron chi connectivity index (χ0n) is 8.27. The first-order valence-electron chi connectivity index (χ1n) is 4.87. The number of allylic oxidation sites excluding steroid dienone is 1. The highest BCUT2D eigenvalue weighted by Gasteiger charge is 2.11. The molecule has 0 aliphatic carbocycles. The van der Waals surface area contributed by atoms with Crippen molar-refractivity contribution in [2.45, 2.75) is 46.5 Å². The molecule has 11 heavy (non-hydrogen) atoms. The van der Waals surface area contributed by atoms with Crippen LogP contribution >= 0.6 is 0 Å². The number of hydrogen-bond donors (Lipinski definition) is 0. The minimum absolute atomic E-state index is 0.889. The fraction of sp³-hybridized carbons (Fsp3) is 0.818. The molecule has 0 nitrogen and oxygen atoms in total. The van der Waals surface area contributed by atoms with Crippen molar-refractivity contribution in [3.63, 3.8) is 0 Å². The van der Waals surface area contributed by atoms with E-state index >= 15 is 0 Å². The third-order valence-electron chi connectivity index (χ3n) is 2.71. The molecule has 0 fully saturated rings. The van der Waals surface area contributed by atoms with E-state index in [9.17, 15) is 0 Å². The van der Waals surface area contributed by atoms with Crippen LogP contribution in [0.15, 0.2) is 12.7 Å². The molecule has 0 aromatic carbocycles. The molecule has 0 bridgehead atoms. The third kappa shape index (κ3) is 4.23. The van der Waals surface area contributed by atoms with Crippen LogP contribution in [0.3, 0.4) is 0 Å². The van der Waals surface area contributed by atoms with Gasteiger partial charge in [0.25, 0.3) is 0 Å². The van der Waals surface area contributed by atoms with Crippen molar-refractivity contribution in [1.29, 1.82) is 0 Å². The van der Waals surface area contributed by atoms with Crippen LogP contribution in [0, 0.1) is 11.8 Å². The van der Waals surface area contributed by atoms with Crippen molar-refractivity contribution in [3.8, 4) is 0 Å². The van der Waals surface area contributed by atoms with Gasteiger partial charge in [0.15, 0.2) is 0 Å². The first kappa shape index (κ1) is 10.7. The van der Waals surface area contributed by atoms with Crippen molar-refractivity contribution in [2.24, 2.45) is 11.8 Å². The Kier molecular flexibility index (Phi) is 6.30. The summed E-state index contributed by atoms with van der Waals surface area (Å²) >= 11 is 0. The monoisotopic (exact) mass is 154 g/mol. The fourth-order valence-electron chi connectivity index (χ4n) is 1.56. The second-order valence-corrected chi connectivity index (χ2v) is 3.42. The maximum Gasteiger partial charge on any atom is -0.0351 e. The zero-order chi connectivity index (χ0) is 8.69. The van der Waals surface area contributed by atoms with E-state index in [1.165, 1.54) is 25.7 Å². The van der Waals surface area contributed by atoms with E-state index in [0.717, 1.165) is 11.8 Å². The minimum atomic E-state index is 0.889. The molecule has 0 spiro atoms. The molecule has 2 unspecified atom stereocenters. The van der Waals surface area contributed by atoms with Gasteiger partial charge in [0.05, 0.1) is 0 Å². The Morgan fingerprint density at radius 2 is 1.91 bits per heavy atom. The second kappa shape index (κ2) is 6.45. The topological polar surface area (TPSA) is 0 Å². The molecule has 0 heteroatoms. The molecule has 0 aromatic rings. The van der Waals surface area contributed by atoms with E-state index in [1.807, 2.05) is 6.08 Å². The lowest BCUT2D eigenvalue weighted by Gasteiger charge is -2.20. The van der Waals surface area contributed by atoms with E-state index in [1.54, 1.807) is 0 Å². The SMILES string of the molecule is C=CCCC(CC)C(C)CC. The molecule has 0 N–H and O–H groups in total. The highest BCUT2D eigenvalue weighted by molar-refractivity contribution is 4.71. The summed E-state index contributed by atoms with van der Waals surface area (Å²) in [5, 5.41) is 0. The molecular weight excluding hydrogens is 132 g/mol. The lowest BCUT2D eigenvalue weighted by molar-refractivity contribution is 0.320. The van der Waals surface area contributed by atoms with Gasteiger partial charge < -0.3 is 0 Å². The largest absolute Gasteiger partial charge is 0.103 e. The van der Waals surface area contributed by atoms with Crippen LogP contribution < -0.4 is 0 Å². The van der Waals surface area contributed by atoms with Crippen LogP contribution in [-0.4, -0.2) is 0 Å². The van der Waals surface area contributed by atoms with Crippen LogP contribution in [-0.2, 0) is 0 Å². The van der Waals surface area contributed by atoms with Gasteiger partial charge in [0.1, 0.15) is 0 Å². The fourth-order valence-corrected chi connectivity index (χ4v) is 1.56. The van der Waals surface area contributed by atoms with Crippen LogP contribution in [0.4, 0.5) is 0 Å². The highest BCUT2D eigenvalue weighted by Crippen LogP contribution is 2.23. The van der Waals surface area contributed by atoms with Crippen molar-refractivity contribution >= 4 is 0 Å². The molecule has 0 aliphatic heterocycles. The third-order valence-corrected chi connectivity index (χ3v) is 2.71. The minimum Gasteiger partial charge on any atom is -0.103 e. The quantitative estimate of drug-likeness (QED) is 0.507. The van der Waals surface area contributed by atoms with Gasteiger partial charge in [-0.2, -0.15) is 0 Å². The van der Waals surface area contributed by atoms with Gasteiger partial charge in [0.2, 0.25) is 0 Å². The van der Waals surface area contributed by atoms with Crippen LogP contribution in [0.25, 0.3) is 0 Å². The maximum absolute atomic E-state index is 3.75. The Hall–Kier alpha value is -0.260. The normalized spacial score (nSPS) is 15.9. The van der Waals surface area contributed by atoms with E-state index in [2.05, 4.69) is 27.4 Å². The van der Waals surface area contributed by atoms with Crippen LogP contribution in [0.1, 0.15) is 46.5 Å². The average Bonchev–Trinajstić information content (AvgIpc) is 2.05. The average molecular weight is 154 g/mol. The Bertz CT molecular complexity index is 94.2. The van der Waals surface area contributed by atoms with Crippen molar-refractivity contribution in [2.75, 3.05) is 0 Å². The summed E-state index contributed by atoms with van der Waals surface area (Å²) in [6.07, 6.45) is 7.18. The molecule has 0 radical (unpaired) electrons. The smallest absolute Gasteiger partial charge is 0.0351 e. The van der Waals surface area contributed by atoms with Gasteiger partial charge in [-0.3, -0.25) is 0 Å². The summed E-state index contributed by atoms with van der Waals surface area (Å²) in [7, 11) is 0. The molecule has 2 atom stereocenters. The Labute approximate surface area is 71.7 Å². The van der Waals surface area contributed by atoms with Gasteiger partial charge in [-0.15, -0.1) is 6.58 Å². The Balaban J connectivity index is 3.64. The highest BCUT2D eigenvalue weighted by atomic mass is 14.2. The van der Waals surface area contributed by atoms with Gasteiger partial charge in [-0.05, 0) is 24.7 Å². The lowest BCUT2D eigenvalue weighted by Crippen LogP contribution is -2.09. The molecular formula is C11H22. The van der Waals surface area contributed by atoms with Crippen LogP contribution in [0.2, 0.25) is 0 Å².